The Kier molecular flexibility index (Phi) is 6.75. The quantitative estimate of drug-likeness (QED) is 0.169. The molecular weight excluding hydrogens is 705 g/mol. The van der Waals surface area contributed by atoms with E-state index in [1.165, 1.54) is 83.4 Å². The maximum Gasteiger partial charge on any atom is 0.161 e. The van der Waals surface area contributed by atoms with Gasteiger partial charge in [-0.25, -0.2) is 9.97 Å². The average molecular weight is 737 g/mol. The number of benzene rings is 8. The average Bonchev–Trinajstić information content (AvgIpc) is 3.81. The minimum Gasteiger partial charge on any atom is -0.228 e. The van der Waals surface area contributed by atoms with Gasteiger partial charge in [-0.05, 0) is 92.0 Å². The number of hydrogen-bond donors (Lipinski definition) is 0. The highest BCUT2D eigenvalue weighted by molar-refractivity contribution is 7.27. The number of thiophene rings is 2. The summed E-state index contributed by atoms with van der Waals surface area (Å²) in [7, 11) is 0. The van der Waals surface area contributed by atoms with Gasteiger partial charge in [0, 0.05) is 56.9 Å². The summed E-state index contributed by atoms with van der Waals surface area (Å²) in [6.45, 7) is 2.29. The molecule has 55 heavy (non-hydrogen) atoms. The van der Waals surface area contributed by atoms with E-state index in [-0.39, 0.29) is 0 Å². The monoisotopic (exact) mass is 736 g/mol. The van der Waals surface area contributed by atoms with Gasteiger partial charge in [0.1, 0.15) is 0 Å². The number of hydrogen-bond acceptors (Lipinski definition) is 4. The molecule has 0 fully saturated rings. The van der Waals surface area contributed by atoms with Crippen LogP contribution in [0.1, 0.15) is 19.0 Å². The molecule has 0 aliphatic heterocycles. The lowest BCUT2D eigenvalue weighted by molar-refractivity contribution is 0.739. The van der Waals surface area contributed by atoms with Crippen LogP contribution in [0.2, 0.25) is 0 Å². The fourth-order valence-electron chi connectivity index (χ4n) is 9.03. The zero-order valence-corrected chi connectivity index (χ0v) is 31.6. The molecule has 0 saturated carbocycles. The lowest BCUT2D eigenvalue weighted by atomic mass is 9.90. The van der Waals surface area contributed by atoms with Gasteiger partial charge in [0.15, 0.2) is 5.82 Å². The van der Waals surface area contributed by atoms with E-state index in [0.717, 1.165) is 40.3 Å². The van der Waals surface area contributed by atoms with E-state index in [2.05, 4.69) is 165 Å². The van der Waals surface area contributed by atoms with E-state index in [0.29, 0.717) is 5.92 Å². The maximum atomic E-state index is 5.62. The summed E-state index contributed by atoms with van der Waals surface area (Å²) in [4.78, 5) is 11.0. The van der Waals surface area contributed by atoms with Crippen molar-refractivity contribution >= 4 is 112 Å². The highest BCUT2D eigenvalue weighted by atomic mass is 32.1. The Labute approximate surface area is 325 Å². The van der Waals surface area contributed by atoms with Crippen LogP contribution in [-0.4, -0.2) is 9.97 Å². The molecule has 1 unspecified atom stereocenters. The van der Waals surface area contributed by atoms with Crippen molar-refractivity contribution in [3.63, 3.8) is 0 Å². The number of nitrogens with zero attached hydrogens (tertiary/aromatic N) is 2. The highest BCUT2D eigenvalue weighted by Crippen LogP contribution is 2.49. The Hall–Kier alpha value is -6.20. The third-order valence-electron chi connectivity index (χ3n) is 11.5. The molecule has 2 nitrogen and oxygen atoms in total. The first-order valence-corrected chi connectivity index (χ1v) is 20.6. The Balaban J connectivity index is 1.26. The molecule has 0 radical (unpaired) electrons. The predicted molar refractivity (Wildman–Crippen MR) is 240 cm³/mol. The molecule has 0 bridgehead atoms. The molecule has 8 aromatic carbocycles. The van der Waals surface area contributed by atoms with Gasteiger partial charge in [0.05, 0.1) is 11.4 Å². The summed E-state index contributed by atoms with van der Waals surface area (Å²) < 4.78 is 5.12. The van der Waals surface area contributed by atoms with Crippen molar-refractivity contribution in [1.82, 2.24) is 9.97 Å². The Morgan fingerprint density at radius 2 is 1.16 bits per heavy atom. The second-order valence-corrected chi connectivity index (χ2v) is 17.1. The minimum atomic E-state index is 0.437. The highest BCUT2D eigenvalue weighted by Gasteiger charge is 2.23. The summed E-state index contributed by atoms with van der Waals surface area (Å²) >= 11 is 3.75. The number of allylic oxidation sites excluding steroid dienone is 4. The van der Waals surface area contributed by atoms with Crippen molar-refractivity contribution in [2.24, 2.45) is 5.92 Å². The predicted octanol–water partition coefficient (Wildman–Crippen LogP) is 15.1. The zero-order valence-electron chi connectivity index (χ0n) is 30.0. The lowest BCUT2D eigenvalue weighted by Gasteiger charge is -2.17. The number of aromatic nitrogens is 2. The van der Waals surface area contributed by atoms with Gasteiger partial charge in [0.25, 0.3) is 0 Å². The molecule has 12 rings (SSSR count). The van der Waals surface area contributed by atoms with E-state index in [1.54, 1.807) is 0 Å². The summed E-state index contributed by atoms with van der Waals surface area (Å²) in [5.41, 5.74) is 5.27. The third-order valence-corrected chi connectivity index (χ3v) is 13.8. The molecule has 3 heterocycles. The standard InChI is InChI=1S/C51H32N2S2/c1-29-12-10-15-32(24-29)42-28-43(53-51(52-42)38-21-11-23-45-47(38)37-20-8-9-22-44(37)54-45)40-27-39-35-18-5-4-16-33(35)34-17-6-7-19-36(34)48(39)50-49(40)41-25-30-13-2-3-14-31(30)26-46(41)55-50/h2-11,13-29H,12H2,1H3. The topological polar surface area (TPSA) is 25.8 Å². The van der Waals surface area contributed by atoms with E-state index in [1.807, 2.05) is 22.7 Å². The number of fused-ring (bicyclic) bond motifs is 14. The smallest absolute Gasteiger partial charge is 0.161 e. The van der Waals surface area contributed by atoms with Crippen LogP contribution >= 0.6 is 22.7 Å². The molecule has 1 atom stereocenters. The second-order valence-electron chi connectivity index (χ2n) is 14.9. The summed E-state index contributed by atoms with van der Waals surface area (Å²) in [5.74, 6) is 1.20. The fraction of sp³-hybridized carbons (Fsp3) is 0.0588. The largest absolute Gasteiger partial charge is 0.228 e. The van der Waals surface area contributed by atoms with Gasteiger partial charge < -0.3 is 0 Å². The Bertz CT molecular complexity index is 3490. The first kappa shape index (κ1) is 31.2. The minimum absolute atomic E-state index is 0.437. The van der Waals surface area contributed by atoms with E-state index >= 15 is 0 Å². The van der Waals surface area contributed by atoms with Crippen LogP contribution in [0.15, 0.2) is 158 Å². The molecule has 258 valence electrons. The van der Waals surface area contributed by atoms with Crippen molar-refractivity contribution in [2.75, 3.05) is 0 Å². The van der Waals surface area contributed by atoms with Crippen LogP contribution in [0.4, 0.5) is 0 Å². The molecule has 0 saturated heterocycles. The van der Waals surface area contributed by atoms with Gasteiger partial charge >= 0.3 is 0 Å². The van der Waals surface area contributed by atoms with Crippen LogP contribution in [0.25, 0.3) is 112 Å². The second kappa shape index (κ2) is 11.9. The van der Waals surface area contributed by atoms with Crippen LogP contribution < -0.4 is 0 Å². The third kappa shape index (κ3) is 4.72. The van der Waals surface area contributed by atoms with Gasteiger partial charge in [-0.2, -0.15) is 0 Å². The summed E-state index contributed by atoms with van der Waals surface area (Å²) in [6, 6.07) is 51.4. The summed E-state index contributed by atoms with van der Waals surface area (Å²) in [5, 5.41) is 15.2. The van der Waals surface area contributed by atoms with Gasteiger partial charge in [-0.3, -0.25) is 0 Å². The van der Waals surface area contributed by atoms with Crippen molar-refractivity contribution in [3.05, 3.63) is 163 Å². The van der Waals surface area contributed by atoms with Crippen molar-refractivity contribution in [1.29, 1.82) is 0 Å². The lowest BCUT2D eigenvalue weighted by Crippen LogP contribution is -2.01. The molecule has 0 N–H and O–H groups in total. The molecule has 4 heteroatoms. The van der Waals surface area contributed by atoms with E-state index < -0.39 is 0 Å². The van der Waals surface area contributed by atoms with Crippen LogP contribution in [0.5, 0.6) is 0 Å². The van der Waals surface area contributed by atoms with Gasteiger partial charge in [-0.1, -0.05) is 128 Å². The van der Waals surface area contributed by atoms with Crippen molar-refractivity contribution in [3.8, 4) is 22.6 Å². The Morgan fingerprint density at radius 3 is 1.98 bits per heavy atom. The van der Waals surface area contributed by atoms with Gasteiger partial charge in [0.2, 0.25) is 0 Å². The Morgan fingerprint density at radius 1 is 0.491 bits per heavy atom. The SMILES string of the molecule is CC1C=C(c2cc(-c3cc4c5ccccc5c5ccccc5c4c4sc5cc6ccccc6cc5c34)nc(-c3cccc4sc5ccccc5c34)n2)C=CC1. The summed E-state index contributed by atoms with van der Waals surface area (Å²) in [6.07, 6.45) is 7.95. The molecule has 11 aromatic rings. The van der Waals surface area contributed by atoms with Gasteiger partial charge in [-0.15, -0.1) is 22.7 Å². The van der Waals surface area contributed by atoms with Crippen molar-refractivity contribution in [2.45, 2.75) is 13.3 Å². The molecule has 3 aromatic heterocycles. The fourth-order valence-corrected chi connectivity index (χ4v) is 11.5. The molecule has 1 aliphatic rings. The zero-order chi connectivity index (χ0) is 36.2. The normalized spacial score (nSPS) is 14.8. The van der Waals surface area contributed by atoms with Crippen LogP contribution in [-0.2, 0) is 0 Å². The van der Waals surface area contributed by atoms with Crippen LogP contribution in [0, 0.1) is 5.92 Å². The first-order valence-electron chi connectivity index (χ1n) is 19.0. The van der Waals surface area contributed by atoms with E-state index in [9.17, 15) is 0 Å². The molecule has 0 amide bonds. The molecule has 0 spiro atoms. The van der Waals surface area contributed by atoms with Crippen LogP contribution in [0.3, 0.4) is 0 Å². The first-order chi connectivity index (χ1) is 27.2. The van der Waals surface area contributed by atoms with Crippen molar-refractivity contribution < 1.29 is 0 Å². The molecule has 1 aliphatic carbocycles. The maximum absolute atomic E-state index is 5.62. The van der Waals surface area contributed by atoms with E-state index in [4.69, 9.17) is 9.97 Å². The molecular formula is C51H32N2S2. The number of rotatable bonds is 3.